The van der Waals surface area contributed by atoms with Gasteiger partial charge in [0.1, 0.15) is 17.6 Å². The number of fused-ring (bicyclic) bond motifs is 1. The van der Waals surface area contributed by atoms with Crippen LogP contribution in [-0.4, -0.2) is 38.0 Å². The number of furan rings is 1. The van der Waals surface area contributed by atoms with E-state index < -0.39 is 17.9 Å². The molecule has 7 heteroatoms. The molecule has 0 saturated carbocycles. The Morgan fingerprint density at radius 1 is 1.20 bits per heavy atom. The van der Waals surface area contributed by atoms with E-state index in [4.69, 9.17) is 13.9 Å². The summed E-state index contributed by atoms with van der Waals surface area (Å²) < 4.78 is 16.1. The number of carbonyl (C=O) groups excluding carboxylic acids is 2. The highest BCUT2D eigenvalue weighted by Crippen LogP contribution is 2.45. The predicted molar refractivity (Wildman–Crippen MR) is 85.6 cm³/mol. The summed E-state index contributed by atoms with van der Waals surface area (Å²) >= 11 is 0. The molecule has 0 fully saturated rings. The summed E-state index contributed by atoms with van der Waals surface area (Å²) in [5, 5.41) is 12.0. The summed E-state index contributed by atoms with van der Waals surface area (Å²) in [5.41, 5.74) is 0.564. The number of nitrogens with zero attached hydrogens (tertiary/aromatic N) is 1. The fourth-order valence-electron chi connectivity index (χ4n) is 3.27. The topological polar surface area (TPSA) is 92.0 Å². The quantitative estimate of drug-likeness (QED) is 0.829. The first-order valence-corrected chi connectivity index (χ1v) is 7.69. The van der Waals surface area contributed by atoms with Crippen LogP contribution in [0.4, 0.5) is 0 Å². The summed E-state index contributed by atoms with van der Waals surface area (Å²) in [6, 6.07) is 5.60. The molecule has 2 atom stereocenters. The number of amides is 1. The molecule has 25 heavy (non-hydrogen) atoms. The molecule has 2 heterocycles. The van der Waals surface area contributed by atoms with E-state index in [1.807, 2.05) is 0 Å². The highest BCUT2D eigenvalue weighted by molar-refractivity contribution is 6.00. The second-order valence-electron chi connectivity index (χ2n) is 5.90. The average molecular weight is 344 g/mol. The van der Waals surface area contributed by atoms with Gasteiger partial charge in [0, 0.05) is 12.6 Å². The molecule has 2 aromatic rings. The normalized spacial score (nSPS) is 19.5. The molecular formula is C18H18NO6-. The van der Waals surface area contributed by atoms with E-state index in [1.165, 1.54) is 31.3 Å². The number of hydrogen-bond acceptors (Lipinski definition) is 6. The molecule has 0 saturated heterocycles. The van der Waals surface area contributed by atoms with Crippen LogP contribution in [0.25, 0.3) is 0 Å². The van der Waals surface area contributed by atoms with Crippen molar-refractivity contribution in [3.63, 3.8) is 0 Å². The first-order chi connectivity index (χ1) is 11.9. The van der Waals surface area contributed by atoms with Crippen LogP contribution < -0.4 is 14.6 Å². The maximum atomic E-state index is 12.8. The highest BCUT2D eigenvalue weighted by atomic mass is 16.5. The van der Waals surface area contributed by atoms with Gasteiger partial charge in [-0.1, -0.05) is 0 Å². The molecule has 0 spiro atoms. The van der Waals surface area contributed by atoms with Crippen molar-refractivity contribution in [2.75, 3.05) is 21.3 Å². The Kier molecular flexibility index (Phi) is 4.16. The van der Waals surface area contributed by atoms with Crippen LogP contribution in [0.15, 0.2) is 28.7 Å². The fraction of sp³-hybridized carbons (Fsp3) is 0.333. The summed E-state index contributed by atoms with van der Waals surface area (Å²) in [6.07, 6.45) is 0. The van der Waals surface area contributed by atoms with Crippen molar-refractivity contribution in [2.45, 2.75) is 18.9 Å². The molecule has 2 unspecified atom stereocenters. The van der Waals surface area contributed by atoms with Gasteiger partial charge in [-0.05, 0) is 36.8 Å². The Morgan fingerprint density at radius 2 is 1.84 bits per heavy atom. The fourth-order valence-corrected chi connectivity index (χ4v) is 3.27. The molecule has 3 rings (SSSR count). The molecule has 0 bridgehead atoms. The number of likely N-dealkylation sites (N-methyl/N-ethyl adjacent to an activating group) is 1. The Labute approximate surface area is 144 Å². The average Bonchev–Trinajstić information content (AvgIpc) is 3.02. The van der Waals surface area contributed by atoms with Gasteiger partial charge in [-0.2, -0.15) is 0 Å². The zero-order valence-corrected chi connectivity index (χ0v) is 14.4. The largest absolute Gasteiger partial charge is 0.549 e. The second kappa shape index (κ2) is 6.16. The van der Waals surface area contributed by atoms with E-state index in [1.54, 1.807) is 26.1 Å². The second-order valence-corrected chi connectivity index (χ2v) is 5.90. The number of carboxylic acids is 1. The third-order valence-corrected chi connectivity index (χ3v) is 4.48. The van der Waals surface area contributed by atoms with Crippen LogP contribution in [0.3, 0.4) is 0 Å². The van der Waals surface area contributed by atoms with Gasteiger partial charge < -0.3 is 28.7 Å². The van der Waals surface area contributed by atoms with Crippen molar-refractivity contribution in [1.82, 2.24) is 4.90 Å². The van der Waals surface area contributed by atoms with Crippen LogP contribution in [0, 0.1) is 6.92 Å². The first kappa shape index (κ1) is 16.9. The van der Waals surface area contributed by atoms with Crippen LogP contribution in [0.2, 0.25) is 0 Å². The van der Waals surface area contributed by atoms with Crippen LogP contribution in [-0.2, 0) is 4.79 Å². The highest BCUT2D eigenvalue weighted by Gasteiger charge is 2.42. The minimum Gasteiger partial charge on any atom is -0.549 e. The molecule has 7 nitrogen and oxygen atoms in total. The molecule has 1 aliphatic rings. The van der Waals surface area contributed by atoms with Crippen LogP contribution in [0.5, 0.6) is 11.5 Å². The number of carbonyl (C=O) groups is 2. The lowest BCUT2D eigenvalue weighted by molar-refractivity contribution is -0.309. The molecule has 1 amide bonds. The van der Waals surface area contributed by atoms with Crippen molar-refractivity contribution >= 4 is 11.9 Å². The monoisotopic (exact) mass is 344 g/mol. The number of benzene rings is 1. The summed E-state index contributed by atoms with van der Waals surface area (Å²) in [7, 11) is 4.44. The summed E-state index contributed by atoms with van der Waals surface area (Å²) in [5.74, 6) is -0.997. The molecule has 132 valence electrons. The SMILES string of the molecule is COc1cc2c(cc1OC)C(C(=O)[O-])C(c1ccc(C)o1)N(C)C2=O. The summed E-state index contributed by atoms with van der Waals surface area (Å²) in [4.78, 5) is 26.1. The van der Waals surface area contributed by atoms with Gasteiger partial charge >= 0.3 is 0 Å². The molecule has 1 aromatic carbocycles. The lowest BCUT2D eigenvalue weighted by Gasteiger charge is -2.39. The van der Waals surface area contributed by atoms with Gasteiger partial charge in [0.2, 0.25) is 0 Å². The maximum absolute atomic E-state index is 12.8. The van der Waals surface area contributed by atoms with Gasteiger partial charge in [0.15, 0.2) is 11.5 Å². The molecule has 0 aliphatic carbocycles. The van der Waals surface area contributed by atoms with Crippen molar-refractivity contribution in [1.29, 1.82) is 0 Å². The van der Waals surface area contributed by atoms with E-state index in [0.717, 1.165) is 0 Å². The van der Waals surface area contributed by atoms with Gasteiger partial charge in [-0.3, -0.25) is 4.79 Å². The van der Waals surface area contributed by atoms with Gasteiger partial charge in [-0.25, -0.2) is 0 Å². The van der Waals surface area contributed by atoms with E-state index in [-0.39, 0.29) is 11.5 Å². The van der Waals surface area contributed by atoms with E-state index >= 15 is 0 Å². The lowest BCUT2D eigenvalue weighted by atomic mass is 9.81. The number of rotatable bonds is 4. The zero-order chi connectivity index (χ0) is 18.3. The maximum Gasteiger partial charge on any atom is 0.254 e. The third kappa shape index (κ3) is 2.61. The van der Waals surface area contributed by atoms with Crippen molar-refractivity contribution in [3.05, 3.63) is 46.9 Å². The van der Waals surface area contributed by atoms with Crippen molar-refractivity contribution in [3.8, 4) is 11.5 Å². The van der Waals surface area contributed by atoms with Crippen molar-refractivity contribution < 1.29 is 28.6 Å². The number of carboxylic acid groups (broad SMARTS) is 1. The van der Waals surface area contributed by atoms with E-state index in [2.05, 4.69) is 0 Å². The molecule has 1 aromatic heterocycles. The molecule has 1 aliphatic heterocycles. The van der Waals surface area contributed by atoms with Crippen LogP contribution >= 0.6 is 0 Å². The first-order valence-electron chi connectivity index (χ1n) is 7.69. The van der Waals surface area contributed by atoms with Gasteiger partial charge in [0.25, 0.3) is 5.91 Å². The Bertz CT molecular complexity index is 840. The Hall–Kier alpha value is -2.96. The number of hydrogen-bond donors (Lipinski definition) is 0. The molecular weight excluding hydrogens is 326 g/mol. The number of methoxy groups -OCH3 is 2. The number of ether oxygens (including phenoxy) is 2. The van der Waals surface area contributed by atoms with Gasteiger partial charge in [0.05, 0.1) is 26.1 Å². The predicted octanol–water partition coefficient (Wildman–Crippen LogP) is 1.27. The Balaban J connectivity index is 2.24. The van der Waals surface area contributed by atoms with Gasteiger partial charge in [-0.15, -0.1) is 0 Å². The number of aliphatic carboxylic acids is 1. The summed E-state index contributed by atoms with van der Waals surface area (Å²) in [6.45, 7) is 1.75. The molecule has 0 radical (unpaired) electrons. The smallest absolute Gasteiger partial charge is 0.254 e. The minimum absolute atomic E-state index is 0.244. The third-order valence-electron chi connectivity index (χ3n) is 4.48. The minimum atomic E-state index is -1.30. The van der Waals surface area contributed by atoms with E-state index in [0.29, 0.717) is 28.6 Å². The van der Waals surface area contributed by atoms with Crippen LogP contribution in [0.1, 0.15) is 39.4 Å². The Morgan fingerprint density at radius 3 is 2.36 bits per heavy atom. The molecule has 0 N–H and O–H groups in total. The van der Waals surface area contributed by atoms with Crippen molar-refractivity contribution in [2.24, 2.45) is 0 Å². The standard InChI is InChI=1S/C18H19NO6/c1-9-5-6-12(25-9)16-15(18(21)22)10-7-13(23-3)14(24-4)8-11(10)17(20)19(16)2/h5-8,15-16H,1-4H3,(H,21,22)/p-1. The number of aryl methyl sites for hydroxylation is 1. The van der Waals surface area contributed by atoms with E-state index in [9.17, 15) is 14.7 Å². The lowest BCUT2D eigenvalue weighted by Crippen LogP contribution is -2.46. The zero-order valence-electron chi connectivity index (χ0n) is 14.4.